The molecule has 0 unspecified atom stereocenters. The van der Waals surface area contributed by atoms with Crippen LogP contribution in [0.1, 0.15) is 32.6 Å². The van der Waals surface area contributed by atoms with Crippen molar-refractivity contribution in [2.75, 3.05) is 5.32 Å². The molecule has 154 valence electrons. The lowest BCUT2D eigenvalue weighted by Gasteiger charge is -2.29. The summed E-state index contributed by atoms with van der Waals surface area (Å²) < 4.78 is 16.0. The third kappa shape index (κ3) is 3.47. The second kappa shape index (κ2) is 7.40. The van der Waals surface area contributed by atoms with E-state index in [-0.39, 0.29) is 23.8 Å². The minimum absolute atomic E-state index is 0.0230. The molecule has 1 amide bonds. The molecule has 1 aliphatic rings. The Labute approximate surface area is 171 Å². The molecular weight excluding hydrogens is 385 g/mol. The van der Waals surface area contributed by atoms with E-state index in [1.807, 2.05) is 12.4 Å². The molecule has 0 aliphatic heterocycles. The average molecular weight is 407 g/mol. The van der Waals surface area contributed by atoms with Crippen LogP contribution in [0.25, 0.3) is 27.8 Å². The number of imidazole rings is 1. The van der Waals surface area contributed by atoms with Gasteiger partial charge in [-0.3, -0.25) is 4.79 Å². The number of amides is 1. The largest absolute Gasteiger partial charge is 0.354 e. The molecule has 8 nitrogen and oxygen atoms in total. The number of anilines is 1. The molecule has 0 aromatic carbocycles. The number of hydrogen-bond acceptors (Lipinski definition) is 5. The fourth-order valence-electron chi connectivity index (χ4n) is 4.21. The number of nitrogens with one attached hydrogen (secondary N) is 3. The zero-order valence-electron chi connectivity index (χ0n) is 16.5. The van der Waals surface area contributed by atoms with Gasteiger partial charge in [-0.15, -0.1) is 0 Å². The van der Waals surface area contributed by atoms with Crippen LogP contribution in [0.15, 0.2) is 37.1 Å². The molecule has 1 saturated carbocycles. The van der Waals surface area contributed by atoms with Gasteiger partial charge >= 0.3 is 0 Å². The molecule has 9 heteroatoms. The maximum absolute atomic E-state index is 14.3. The zero-order valence-corrected chi connectivity index (χ0v) is 16.5. The summed E-state index contributed by atoms with van der Waals surface area (Å²) in [6.45, 7) is 1.56. The van der Waals surface area contributed by atoms with E-state index < -0.39 is 0 Å². The van der Waals surface area contributed by atoms with Crippen molar-refractivity contribution >= 4 is 28.5 Å². The van der Waals surface area contributed by atoms with Gasteiger partial charge in [0.1, 0.15) is 5.65 Å². The minimum Gasteiger partial charge on any atom is -0.354 e. The third-order valence-electron chi connectivity index (χ3n) is 5.65. The van der Waals surface area contributed by atoms with Gasteiger partial charge in [-0.1, -0.05) is 0 Å². The van der Waals surface area contributed by atoms with Gasteiger partial charge in [0.05, 0.1) is 0 Å². The summed E-state index contributed by atoms with van der Waals surface area (Å²) in [7, 11) is 0. The summed E-state index contributed by atoms with van der Waals surface area (Å²) in [5.74, 6) is 0.214. The summed E-state index contributed by atoms with van der Waals surface area (Å²) in [4.78, 5) is 27.5. The summed E-state index contributed by atoms with van der Waals surface area (Å²) in [5, 5.41) is 7.21. The maximum Gasteiger partial charge on any atom is 0.224 e. The van der Waals surface area contributed by atoms with E-state index >= 15 is 0 Å². The first kappa shape index (κ1) is 18.5. The smallest absolute Gasteiger partial charge is 0.224 e. The molecular formula is C21H22FN7O. The number of rotatable bonds is 4. The molecule has 4 aromatic rings. The lowest BCUT2D eigenvalue weighted by Crippen LogP contribution is -2.39. The average Bonchev–Trinajstić information content (AvgIpc) is 3.36. The molecule has 0 bridgehead atoms. The third-order valence-corrected chi connectivity index (χ3v) is 5.65. The van der Waals surface area contributed by atoms with Crippen LogP contribution < -0.4 is 10.6 Å². The highest BCUT2D eigenvalue weighted by Gasteiger charge is 2.22. The van der Waals surface area contributed by atoms with E-state index in [1.54, 1.807) is 29.9 Å². The monoisotopic (exact) mass is 407 g/mol. The minimum atomic E-state index is -0.374. The number of carbonyl (C=O) groups excluding carboxylic acids is 1. The first-order chi connectivity index (χ1) is 14.6. The summed E-state index contributed by atoms with van der Waals surface area (Å²) in [5.41, 5.74) is 2.56. The van der Waals surface area contributed by atoms with Crippen LogP contribution in [0.2, 0.25) is 0 Å². The summed E-state index contributed by atoms with van der Waals surface area (Å²) in [6, 6.07) is 2.01. The van der Waals surface area contributed by atoms with Crippen molar-refractivity contribution in [1.29, 1.82) is 0 Å². The highest BCUT2D eigenvalue weighted by Crippen LogP contribution is 2.29. The standard InChI is InChI=1S/C21H22FN7O/c1-12(30)26-14-2-4-15(5-3-14)27-21-25-10-17-16(9-24-19(17)28-21)13-8-18(22)20-23-6-7-29(20)11-13/h6-11,14-15H,2-5H2,1H3,(H,26,30)(H2,24,25,27,28)/t14-,15-. The van der Waals surface area contributed by atoms with Crippen LogP contribution >= 0.6 is 0 Å². The Bertz CT molecular complexity index is 1220. The second-order valence-electron chi connectivity index (χ2n) is 7.79. The van der Waals surface area contributed by atoms with Crippen LogP contribution in [0.5, 0.6) is 0 Å². The van der Waals surface area contributed by atoms with Gasteiger partial charge in [-0.2, -0.15) is 4.98 Å². The van der Waals surface area contributed by atoms with Gasteiger partial charge in [-0.05, 0) is 31.7 Å². The van der Waals surface area contributed by atoms with Crippen molar-refractivity contribution in [3.8, 4) is 11.1 Å². The quantitative estimate of drug-likeness (QED) is 0.482. The number of H-pyrrole nitrogens is 1. The molecule has 4 aromatic heterocycles. The Balaban J connectivity index is 1.34. The fraction of sp³-hybridized carbons (Fsp3) is 0.333. The topological polar surface area (TPSA) is 100 Å². The molecule has 0 atom stereocenters. The van der Waals surface area contributed by atoms with E-state index in [0.717, 1.165) is 42.2 Å². The number of fused-ring (bicyclic) bond motifs is 2. The van der Waals surface area contributed by atoms with Crippen LogP contribution in [0.4, 0.5) is 10.3 Å². The number of aromatic amines is 1. The van der Waals surface area contributed by atoms with Gasteiger partial charge in [0.15, 0.2) is 11.5 Å². The van der Waals surface area contributed by atoms with E-state index in [4.69, 9.17) is 0 Å². The number of pyridine rings is 1. The normalized spacial score (nSPS) is 19.3. The van der Waals surface area contributed by atoms with Gasteiger partial charge < -0.3 is 20.0 Å². The SMILES string of the molecule is CC(=O)N[C@H]1CC[C@H](Nc2ncc3c(-c4cc(F)c5nccn5c4)c[nH]c3n2)CC1. The van der Waals surface area contributed by atoms with E-state index in [2.05, 4.69) is 30.6 Å². The highest BCUT2D eigenvalue weighted by molar-refractivity contribution is 5.93. The first-order valence-corrected chi connectivity index (χ1v) is 10.1. The lowest BCUT2D eigenvalue weighted by atomic mass is 9.91. The van der Waals surface area contributed by atoms with Crippen LogP contribution in [-0.2, 0) is 4.79 Å². The van der Waals surface area contributed by atoms with Crippen molar-refractivity contribution < 1.29 is 9.18 Å². The van der Waals surface area contributed by atoms with Crippen molar-refractivity contribution in [2.24, 2.45) is 0 Å². The van der Waals surface area contributed by atoms with Gasteiger partial charge in [0, 0.05) is 66.5 Å². The van der Waals surface area contributed by atoms with Crippen LogP contribution in [0.3, 0.4) is 0 Å². The Morgan fingerprint density at radius 2 is 2.03 bits per heavy atom. The number of nitrogens with zero attached hydrogens (tertiary/aromatic N) is 4. The second-order valence-corrected chi connectivity index (χ2v) is 7.79. The van der Waals surface area contributed by atoms with Gasteiger partial charge in [-0.25, -0.2) is 14.4 Å². The Kier molecular flexibility index (Phi) is 4.57. The number of halogens is 1. The molecule has 1 fully saturated rings. The van der Waals surface area contributed by atoms with Crippen molar-refractivity contribution in [2.45, 2.75) is 44.7 Å². The van der Waals surface area contributed by atoms with Gasteiger partial charge in [0.2, 0.25) is 11.9 Å². The first-order valence-electron chi connectivity index (χ1n) is 10.1. The van der Waals surface area contributed by atoms with Crippen LogP contribution in [0, 0.1) is 5.82 Å². The Hall–Kier alpha value is -3.49. The van der Waals surface area contributed by atoms with Crippen LogP contribution in [-0.4, -0.2) is 42.3 Å². The molecule has 3 N–H and O–H groups in total. The summed E-state index contributed by atoms with van der Waals surface area (Å²) >= 11 is 0. The predicted molar refractivity (Wildman–Crippen MR) is 112 cm³/mol. The number of carbonyl (C=O) groups is 1. The Morgan fingerprint density at radius 3 is 2.83 bits per heavy atom. The fourth-order valence-corrected chi connectivity index (χ4v) is 4.21. The molecule has 30 heavy (non-hydrogen) atoms. The molecule has 0 spiro atoms. The van der Waals surface area contributed by atoms with Crippen molar-refractivity contribution in [3.05, 3.63) is 42.9 Å². The molecule has 0 radical (unpaired) electrons. The molecule has 5 rings (SSSR count). The van der Waals surface area contributed by atoms with E-state index in [0.29, 0.717) is 17.2 Å². The van der Waals surface area contributed by atoms with E-state index in [9.17, 15) is 9.18 Å². The summed E-state index contributed by atoms with van der Waals surface area (Å²) in [6.07, 6.45) is 12.5. The molecule has 4 heterocycles. The van der Waals surface area contributed by atoms with Crippen molar-refractivity contribution in [1.82, 2.24) is 29.7 Å². The highest BCUT2D eigenvalue weighted by atomic mass is 19.1. The maximum atomic E-state index is 14.3. The molecule has 1 aliphatic carbocycles. The van der Waals surface area contributed by atoms with E-state index in [1.165, 1.54) is 6.07 Å². The predicted octanol–water partition coefficient (Wildman–Crippen LogP) is 3.27. The number of aromatic nitrogens is 5. The zero-order chi connectivity index (χ0) is 20.7. The number of hydrogen-bond donors (Lipinski definition) is 3. The Morgan fingerprint density at radius 1 is 1.23 bits per heavy atom. The van der Waals surface area contributed by atoms with Gasteiger partial charge in [0.25, 0.3) is 0 Å². The lowest BCUT2D eigenvalue weighted by molar-refractivity contribution is -0.119. The molecule has 0 saturated heterocycles. The van der Waals surface area contributed by atoms with Crippen molar-refractivity contribution in [3.63, 3.8) is 0 Å².